The minimum absolute atomic E-state index is 0. The number of carbonyl (C=O) groups is 1. The van der Waals surface area contributed by atoms with Gasteiger partial charge in [0.15, 0.2) is 0 Å². The van der Waals surface area contributed by atoms with Gasteiger partial charge in [-0.2, -0.15) is 0 Å². The predicted molar refractivity (Wildman–Crippen MR) is 106 cm³/mol. The van der Waals surface area contributed by atoms with Crippen molar-refractivity contribution in [3.8, 4) is 5.75 Å². The second-order valence-corrected chi connectivity index (χ2v) is 7.34. The summed E-state index contributed by atoms with van der Waals surface area (Å²) in [4.78, 5) is 14.1. The Labute approximate surface area is 162 Å². The highest BCUT2D eigenvalue weighted by atomic mass is 35.5. The molecule has 1 aliphatic carbocycles. The monoisotopic (exact) mass is 382 g/mol. The zero-order valence-corrected chi connectivity index (χ0v) is 16.7. The van der Waals surface area contributed by atoms with Gasteiger partial charge in [-0.3, -0.25) is 4.79 Å². The van der Waals surface area contributed by atoms with E-state index in [1.54, 1.807) is 4.90 Å². The van der Waals surface area contributed by atoms with E-state index in [9.17, 15) is 9.90 Å². The second-order valence-electron chi connectivity index (χ2n) is 7.34. The summed E-state index contributed by atoms with van der Waals surface area (Å²) in [5.41, 5.74) is 1.90. The van der Waals surface area contributed by atoms with E-state index in [4.69, 9.17) is 4.74 Å². The second kappa shape index (κ2) is 9.07. The van der Waals surface area contributed by atoms with E-state index >= 15 is 0 Å². The number of amides is 1. The lowest BCUT2D eigenvalue weighted by atomic mass is 9.78. The molecule has 2 fully saturated rings. The Hall–Kier alpha value is -1.30. The van der Waals surface area contributed by atoms with Gasteiger partial charge in [-0.1, -0.05) is 13.0 Å². The van der Waals surface area contributed by atoms with Gasteiger partial charge < -0.3 is 20.1 Å². The molecule has 0 unspecified atom stereocenters. The number of aliphatic hydroxyl groups excluding tert-OH is 1. The van der Waals surface area contributed by atoms with Crippen LogP contribution in [0, 0.1) is 18.8 Å². The number of ether oxygens (including phenoxy) is 1. The number of anilines is 1. The minimum atomic E-state index is -0.452. The molecule has 4 atom stereocenters. The first-order valence-corrected chi connectivity index (χ1v) is 9.49. The summed E-state index contributed by atoms with van der Waals surface area (Å²) >= 11 is 0. The summed E-state index contributed by atoms with van der Waals surface area (Å²) in [6, 6.07) is 5.93. The fourth-order valence-corrected chi connectivity index (χ4v) is 4.16. The average molecular weight is 383 g/mol. The molecule has 3 rings (SSSR count). The number of carbonyl (C=O) groups excluding carboxylic acids is 1. The normalized spacial score (nSPS) is 27.4. The lowest BCUT2D eigenvalue weighted by Crippen LogP contribution is -2.42. The summed E-state index contributed by atoms with van der Waals surface area (Å²) in [7, 11) is 0. The first kappa shape index (κ1) is 21.0. The number of benzene rings is 1. The number of aryl methyl sites for hydroxylation is 1. The van der Waals surface area contributed by atoms with Gasteiger partial charge in [-0.25, -0.2) is 0 Å². The number of aliphatic hydroxyl groups is 1. The van der Waals surface area contributed by atoms with Crippen molar-refractivity contribution in [2.75, 3.05) is 24.5 Å². The largest absolute Gasteiger partial charge is 0.486 e. The van der Waals surface area contributed by atoms with E-state index in [1.165, 1.54) is 0 Å². The molecule has 0 spiro atoms. The molecule has 0 radical (unpaired) electrons. The summed E-state index contributed by atoms with van der Waals surface area (Å²) in [6.07, 6.45) is 1.45. The highest BCUT2D eigenvalue weighted by Crippen LogP contribution is 2.37. The van der Waals surface area contributed by atoms with Gasteiger partial charge in [0, 0.05) is 13.0 Å². The molecule has 1 saturated heterocycles. The third-order valence-corrected chi connectivity index (χ3v) is 5.59. The zero-order valence-electron chi connectivity index (χ0n) is 15.9. The van der Waals surface area contributed by atoms with E-state index in [0.29, 0.717) is 30.6 Å². The van der Waals surface area contributed by atoms with Crippen LogP contribution in [0.25, 0.3) is 0 Å². The predicted octanol–water partition coefficient (Wildman–Crippen LogP) is 2.92. The van der Waals surface area contributed by atoms with Crippen LogP contribution < -0.4 is 15.0 Å². The van der Waals surface area contributed by atoms with Gasteiger partial charge in [0.1, 0.15) is 11.9 Å². The van der Waals surface area contributed by atoms with Gasteiger partial charge in [-0.05, 0) is 69.3 Å². The van der Waals surface area contributed by atoms with Crippen molar-refractivity contribution in [1.29, 1.82) is 0 Å². The molecule has 2 N–H and O–H groups in total. The molecule has 2 aliphatic rings. The standard InChI is InChI=1S/C20H30N2O3.ClH/c1-4-20(24)22(5-2)16-8-13(3)6-7-18(16)25-19-10-15-12-21-11-14(15)9-17(19)23;/h6-8,14-15,17,19,21,23H,4-5,9-12H2,1-3H3;1H/t14-,15+,17+,19+;/m0./s1. The van der Waals surface area contributed by atoms with Crippen LogP contribution in [-0.4, -0.2) is 42.9 Å². The molecule has 1 aliphatic heterocycles. The summed E-state index contributed by atoms with van der Waals surface area (Å²) in [5.74, 6) is 1.91. The number of hydrogen-bond acceptors (Lipinski definition) is 4. The van der Waals surface area contributed by atoms with Crippen LogP contribution >= 0.6 is 12.4 Å². The van der Waals surface area contributed by atoms with E-state index in [1.807, 2.05) is 39.0 Å². The van der Waals surface area contributed by atoms with Crippen LogP contribution in [0.3, 0.4) is 0 Å². The third kappa shape index (κ3) is 4.33. The van der Waals surface area contributed by atoms with Crippen molar-refractivity contribution in [2.24, 2.45) is 11.8 Å². The Morgan fingerprint density at radius 3 is 2.62 bits per heavy atom. The van der Waals surface area contributed by atoms with E-state index in [0.717, 1.165) is 37.2 Å². The molecular formula is C20H31ClN2O3. The SMILES string of the molecule is CCC(=O)N(CC)c1cc(C)ccc1O[C@@H]1C[C@@H]2CNC[C@@H]2C[C@H]1O.Cl. The first-order valence-electron chi connectivity index (χ1n) is 9.49. The van der Waals surface area contributed by atoms with Gasteiger partial charge >= 0.3 is 0 Å². The van der Waals surface area contributed by atoms with Crippen molar-refractivity contribution in [1.82, 2.24) is 5.32 Å². The number of halogens is 1. The smallest absolute Gasteiger partial charge is 0.226 e. The number of nitrogens with one attached hydrogen (secondary N) is 1. The van der Waals surface area contributed by atoms with E-state index in [-0.39, 0.29) is 24.4 Å². The van der Waals surface area contributed by atoms with Gasteiger partial charge in [-0.15, -0.1) is 12.4 Å². The number of nitrogens with zero attached hydrogens (tertiary/aromatic N) is 1. The summed E-state index contributed by atoms with van der Waals surface area (Å²) in [5, 5.41) is 14.0. The Bertz CT molecular complexity index is 625. The van der Waals surface area contributed by atoms with Crippen LogP contribution in [0.4, 0.5) is 5.69 Å². The number of fused-ring (bicyclic) bond motifs is 1. The molecule has 1 heterocycles. The van der Waals surface area contributed by atoms with Crippen molar-refractivity contribution in [3.05, 3.63) is 23.8 Å². The Kier molecular flexibility index (Phi) is 7.33. The molecule has 1 aromatic rings. The van der Waals surface area contributed by atoms with Gasteiger partial charge in [0.05, 0.1) is 11.8 Å². The fourth-order valence-electron chi connectivity index (χ4n) is 4.16. The number of rotatable bonds is 5. The molecule has 146 valence electrons. The molecule has 6 heteroatoms. The molecule has 1 aromatic carbocycles. The highest BCUT2D eigenvalue weighted by molar-refractivity contribution is 5.94. The molecular weight excluding hydrogens is 352 g/mol. The highest BCUT2D eigenvalue weighted by Gasteiger charge is 2.40. The van der Waals surface area contributed by atoms with Crippen molar-refractivity contribution in [3.63, 3.8) is 0 Å². The Balaban J connectivity index is 0.00000243. The lowest BCUT2D eigenvalue weighted by Gasteiger charge is -2.36. The fraction of sp³-hybridized carbons (Fsp3) is 0.650. The van der Waals surface area contributed by atoms with Crippen molar-refractivity contribution in [2.45, 2.75) is 52.2 Å². The van der Waals surface area contributed by atoms with Crippen LogP contribution in [0.1, 0.15) is 38.7 Å². The van der Waals surface area contributed by atoms with Crippen LogP contribution in [0.15, 0.2) is 18.2 Å². The van der Waals surface area contributed by atoms with Crippen LogP contribution in [0.2, 0.25) is 0 Å². The molecule has 1 saturated carbocycles. The van der Waals surface area contributed by atoms with Crippen LogP contribution in [-0.2, 0) is 4.79 Å². The van der Waals surface area contributed by atoms with E-state index in [2.05, 4.69) is 5.32 Å². The summed E-state index contributed by atoms with van der Waals surface area (Å²) in [6.45, 7) is 8.48. The summed E-state index contributed by atoms with van der Waals surface area (Å²) < 4.78 is 6.27. The van der Waals surface area contributed by atoms with Crippen molar-refractivity contribution < 1.29 is 14.6 Å². The molecule has 1 amide bonds. The molecule has 0 bridgehead atoms. The van der Waals surface area contributed by atoms with E-state index < -0.39 is 6.10 Å². The topological polar surface area (TPSA) is 61.8 Å². The maximum absolute atomic E-state index is 12.3. The Morgan fingerprint density at radius 1 is 1.27 bits per heavy atom. The van der Waals surface area contributed by atoms with Gasteiger partial charge in [0.25, 0.3) is 0 Å². The lowest BCUT2D eigenvalue weighted by molar-refractivity contribution is -0.118. The van der Waals surface area contributed by atoms with Crippen LogP contribution in [0.5, 0.6) is 5.75 Å². The maximum atomic E-state index is 12.3. The molecule has 0 aromatic heterocycles. The Morgan fingerprint density at radius 2 is 1.96 bits per heavy atom. The quantitative estimate of drug-likeness (QED) is 0.821. The average Bonchev–Trinajstić information content (AvgIpc) is 3.04. The zero-order chi connectivity index (χ0) is 18.0. The van der Waals surface area contributed by atoms with Gasteiger partial charge in [0.2, 0.25) is 5.91 Å². The van der Waals surface area contributed by atoms with Crippen molar-refractivity contribution >= 4 is 24.0 Å². The molecule has 26 heavy (non-hydrogen) atoms. The first-order chi connectivity index (χ1) is 12.0. The molecule has 5 nitrogen and oxygen atoms in total. The number of hydrogen-bond donors (Lipinski definition) is 2. The maximum Gasteiger partial charge on any atom is 0.226 e. The third-order valence-electron chi connectivity index (χ3n) is 5.59. The minimum Gasteiger partial charge on any atom is -0.486 e.